The SMILES string of the molecule is CCCCCCCC(=O)Nc1sc(C(=O)OC(C)C)c(C)c1C#N. The molecule has 5 nitrogen and oxygen atoms in total. The van der Waals surface area contributed by atoms with Crippen LogP contribution in [0.25, 0.3) is 0 Å². The van der Waals surface area contributed by atoms with Gasteiger partial charge in [0.05, 0.1) is 11.7 Å². The van der Waals surface area contributed by atoms with Crippen LogP contribution in [0.2, 0.25) is 0 Å². The van der Waals surface area contributed by atoms with Crippen molar-refractivity contribution in [3.8, 4) is 6.07 Å². The number of anilines is 1. The summed E-state index contributed by atoms with van der Waals surface area (Å²) >= 11 is 1.11. The number of unbranched alkanes of at least 4 members (excludes halogenated alkanes) is 4. The van der Waals surface area contributed by atoms with Crippen molar-refractivity contribution in [2.24, 2.45) is 0 Å². The van der Waals surface area contributed by atoms with Gasteiger partial charge in [-0.25, -0.2) is 4.79 Å². The van der Waals surface area contributed by atoms with Crippen LogP contribution in [-0.2, 0) is 9.53 Å². The zero-order valence-corrected chi connectivity index (χ0v) is 15.7. The maximum Gasteiger partial charge on any atom is 0.348 e. The normalized spacial score (nSPS) is 10.5. The standard InChI is InChI=1S/C18H26N2O3S/c1-5-6-7-8-9-10-15(21)20-17-14(11-19)13(4)16(24-17)18(22)23-12(2)3/h12H,5-10H2,1-4H3,(H,20,21). The Bertz CT molecular complexity index is 615. The summed E-state index contributed by atoms with van der Waals surface area (Å²) in [5.41, 5.74) is 0.904. The number of nitriles is 1. The highest BCUT2D eigenvalue weighted by atomic mass is 32.1. The predicted octanol–water partition coefficient (Wildman–Crippen LogP) is 4.79. The third-order valence-electron chi connectivity index (χ3n) is 3.55. The fraction of sp³-hybridized carbons (Fsp3) is 0.611. The van der Waals surface area contributed by atoms with E-state index in [1.54, 1.807) is 20.8 Å². The van der Waals surface area contributed by atoms with Crippen molar-refractivity contribution < 1.29 is 14.3 Å². The monoisotopic (exact) mass is 350 g/mol. The van der Waals surface area contributed by atoms with Gasteiger partial charge in [0.25, 0.3) is 0 Å². The summed E-state index contributed by atoms with van der Waals surface area (Å²) < 4.78 is 5.19. The Hall–Kier alpha value is -1.87. The molecule has 0 atom stereocenters. The molecule has 0 saturated carbocycles. The van der Waals surface area contributed by atoms with Crippen molar-refractivity contribution >= 4 is 28.2 Å². The van der Waals surface area contributed by atoms with E-state index in [2.05, 4.69) is 18.3 Å². The maximum absolute atomic E-state index is 12.1. The molecule has 0 aromatic carbocycles. The first kappa shape index (κ1) is 20.2. The maximum atomic E-state index is 12.1. The number of carbonyl (C=O) groups excluding carboxylic acids is 2. The summed E-state index contributed by atoms with van der Waals surface area (Å²) in [5.74, 6) is -0.572. The summed E-state index contributed by atoms with van der Waals surface area (Å²) in [5, 5.41) is 12.5. The lowest BCUT2D eigenvalue weighted by atomic mass is 10.1. The smallest absolute Gasteiger partial charge is 0.348 e. The summed E-state index contributed by atoms with van der Waals surface area (Å²) in [7, 11) is 0. The van der Waals surface area contributed by atoms with E-state index < -0.39 is 5.97 Å². The minimum absolute atomic E-state index is 0.118. The van der Waals surface area contributed by atoms with Gasteiger partial charge < -0.3 is 10.1 Å². The van der Waals surface area contributed by atoms with Gasteiger partial charge in [0.1, 0.15) is 15.9 Å². The average molecular weight is 350 g/mol. The van der Waals surface area contributed by atoms with Gasteiger partial charge in [-0.15, -0.1) is 11.3 Å². The highest BCUT2D eigenvalue weighted by Crippen LogP contribution is 2.33. The zero-order chi connectivity index (χ0) is 18.1. The van der Waals surface area contributed by atoms with Crippen LogP contribution in [0.15, 0.2) is 0 Å². The molecule has 0 aliphatic heterocycles. The number of carbonyl (C=O) groups is 2. The largest absolute Gasteiger partial charge is 0.459 e. The van der Waals surface area contributed by atoms with E-state index in [1.165, 1.54) is 12.8 Å². The van der Waals surface area contributed by atoms with Gasteiger partial charge in [0.2, 0.25) is 5.91 Å². The molecule has 0 bridgehead atoms. The lowest BCUT2D eigenvalue weighted by Gasteiger charge is -2.06. The second-order valence-corrected chi connectivity index (χ2v) is 7.06. The van der Waals surface area contributed by atoms with E-state index in [1.807, 2.05) is 0 Å². The quantitative estimate of drug-likeness (QED) is 0.513. The number of thiophene rings is 1. The molecule has 1 aromatic heterocycles. The summed E-state index contributed by atoms with van der Waals surface area (Å²) in [6, 6.07) is 2.07. The molecular weight excluding hydrogens is 324 g/mol. The average Bonchev–Trinajstić information content (AvgIpc) is 2.82. The third-order valence-corrected chi connectivity index (χ3v) is 4.73. The highest BCUT2D eigenvalue weighted by Gasteiger charge is 2.22. The molecule has 0 spiro atoms. The van der Waals surface area contributed by atoms with Gasteiger partial charge in [0, 0.05) is 6.42 Å². The number of ether oxygens (including phenoxy) is 1. The van der Waals surface area contributed by atoms with Crippen LogP contribution in [0.3, 0.4) is 0 Å². The molecule has 0 unspecified atom stereocenters. The number of nitrogens with one attached hydrogen (secondary N) is 1. The van der Waals surface area contributed by atoms with Gasteiger partial charge in [-0.2, -0.15) is 5.26 Å². The summed E-state index contributed by atoms with van der Waals surface area (Å²) in [6.45, 7) is 7.39. The van der Waals surface area contributed by atoms with E-state index in [4.69, 9.17) is 4.74 Å². The molecule has 0 aliphatic rings. The van der Waals surface area contributed by atoms with Crippen molar-refractivity contribution in [3.05, 3.63) is 16.0 Å². The van der Waals surface area contributed by atoms with Crippen LogP contribution in [0.4, 0.5) is 5.00 Å². The molecule has 1 rings (SSSR count). The summed E-state index contributed by atoms with van der Waals surface area (Å²) in [6.07, 6.45) is 5.55. The van der Waals surface area contributed by atoms with Gasteiger partial charge in [-0.05, 0) is 32.8 Å². The first-order valence-corrected chi connectivity index (χ1v) is 9.26. The molecule has 0 aliphatic carbocycles. The fourth-order valence-electron chi connectivity index (χ4n) is 2.28. The zero-order valence-electron chi connectivity index (χ0n) is 14.9. The molecule has 1 N–H and O–H groups in total. The van der Waals surface area contributed by atoms with Crippen LogP contribution in [0.1, 0.15) is 80.1 Å². The first-order chi connectivity index (χ1) is 11.4. The number of nitrogens with zero attached hydrogens (tertiary/aromatic N) is 1. The number of amides is 1. The Kier molecular flexibility index (Phi) is 8.48. The fourth-order valence-corrected chi connectivity index (χ4v) is 3.33. The lowest BCUT2D eigenvalue weighted by Crippen LogP contribution is -2.11. The van der Waals surface area contributed by atoms with Crippen molar-refractivity contribution in [2.75, 3.05) is 5.32 Å². The molecule has 0 saturated heterocycles. The Morgan fingerprint density at radius 1 is 1.25 bits per heavy atom. The van der Waals surface area contributed by atoms with E-state index >= 15 is 0 Å². The van der Waals surface area contributed by atoms with E-state index in [0.717, 1.165) is 30.6 Å². The Morgan fingerprint density at radius 2 is 1.92 bits per heavy atom. The molecule has 24 heavy (non-hydrogen) atoms. The highest BCUT2D eigenvalue weighted by molar-refractivity contribution is 7.18. The minimum Gasteiger partial charge on any atom is -0.459 e. The number of esters is 1. The Balaban J connectivity index is 2.72. The van der Waals surface area contributed by atoms with Gasteiger partial charge in [-0.3, -0.25) is 4.79 Å². The van der Waals surface area contributed by atoms with Gasteiger partial charge >= 0.3 is 5.97 Å². The molecule has 1 amide bonds. The van der Waals surface area contributed by atoms with Crippen molar-refractivity contribution in [2.45, 2.75) is 72.3 Å². The van der Waals surface area contributed by atoms with E-state index in [0.29, 0.717) is 27.4 Å². The minimum atomic E-state index is -0.455. The van der Waals surface area contributed by atoms with Crippen molar-refractivity contribution in [1.82, 2.24) is 0 Å². The van der Waals surface area contributed by atoms with E-state index in [-0.39, 0.29) is 12.0 Å². The van der Waals surface area contributed by atoms with Crippen molar-refractivity contribution in [3.63, 3.8) is 0 Å². The topological polar surface area (TPSA) is 79.2 Å². The molecule has 1 aromatic rings. The Labute approximate surface area is 148 Å². The second kappa shape index (κ2) is 10.1. The van der Waals surface area contributed by atoms with Crippen LogP contribution >= 0.6 is 11.3 Å². The van der Waals surface area contributed by atoms with Gasteiger partial charge in [0.15, 0.2) is 0 Å². The van der Waals surface area contributed by atoms with Gasteiger partial charge in [-0.1, -0.05) is 32.6 Å². The number of rotatable bonds is 9. The number of hydrogen-bond donors (Lipinski definition) is 1. The Morgan fingerprint density at radius 3 is 2.50 bits per heavy atom. The molecule has 1 heterocycles. The molecule has 0 radical (unpaired) electrons. The molecule has 132 valence electrons. The lowest BCUT2D eigenvalue weighted by molar-refractivity contribution is -0.116. The van der Waals surface area contributed by atoms with Crippen LogP contribution < -0.4 is 5.32 Å². The van der Waals surface area contributed by atoms with Crippen molar-refractivity contribution in [1.29, 1.82) is 5.26 Å². The first-order valence-electron chi connectivity index (χ1n) is 8.45. The third kappa shape index (κ3) is 5.97. The van der Waals surface area contributed by atoms with Crippen LogP contribution in [0, 0.1) is 18.3 Å². The van der Waals surface area contributed by atoms with Crippen LogP contribution in [0.5, 0.6) is 0 Å². The second-order valence-electron chi connectivity index (χ2n) is 6.04. The molecular formula is C18H26N2O3S. The molecule has 6 heteroatoms. The summed E-state index contributed by atoms with van der Waals surface area (Å²) in [4.78, 5) is 24.5. The number of hydrogen-bond acceptors (Lipinski definition) is 5. The molecule has 0 fully saturated rings. The predicted molar refractivity (Wildman–Crippen MR) is 96.3 cm³/mol. The van der Waals surface area contributed by atoms with Crippen LogP contribution in [-0.4, -0.2) is 18.0 Å². The van der Waals surface area contributed by atoms with E-state index in [9.17, 15) is 14.9 Å².